The fourth-order valence-corrected chi connectivity index (χ4v) is 7.01. The van der Waals surface area contributed by atoms with Crippen molar-refractivity contribution in [1.29, 1.82) is 0 Å². The first-order chi connectivity index (χ1) is 23.4. The Morgan fingerprint density at radius 1 is 0.875 bits per heavy atom. The first-order valence-electron chi connectivity index (χ1n) is 16.5. The van der Waals surface area contributed by atoms with E-state index >= 15 is 0 Å². The Hall–Kier alpha value is -5.32. The van der Waals surface area contributed by atoms with Gasteiger partial charge in [-0.3, -0.25) is 19.4 Å². The third kappa shape index (κ3) is 5.74. The number of aryl methyl sites for hydroxylation is 1. The number of amides is 3. The van der Waals surface area contributed by atoms with Gasteiger partial charge in [0.15, 0.2) is 12.1 Å². The van der Waals surface area contributed by atoms with Crippen LogP contribution in [0.1, 0.15) is 55.8 Å². The maximum absolute atomic E-state index is 14.2. The van der Waals surface area contributed by atoms with E-state index in [1.165, 1.54) is 5.01 Å². The van der Waals surface area contributed by atoms with Crippen molar-refractivity contribution in [3.05, 3.63) is 95.1 Å². The van der Waals surface area contributed by atoms with Crippen LogP contribution in [0.2, 0.25) is 0 Å². The number of anilines is 1. The molecule has 0 unspecified atom stereocenters. The topological polar surface area (TPSA) is 116 Å². The Bertz CT molecular complexity index is 1800. The molecular weight excluding hydrogens is 608 g/mol. The molecule has 0 radical (unpaired) electrons. The van der Waals surface area contributed by atoms with Crippen molar-refractivity contribution in [3.8, 4) is 11.5 Å². The first-order valence-corrected chi connectivity index (χ1v) is 16.5. The lowest BCUT2D eigenvalue weighted by Gasteiger charge is -2.30. The Kier molecular flexibility index (Phi) is 8.51. The van der Waals surface area contributed by atoms with Crippen LogP contribution >= 0.6 is 0 Å². The molecule has 3 aromatic rings. The number of allylic oxidation sites excluding steroid dienone is 1. The van der Waals surface area contributed by atoms with Gasteiger partial charge >= 0.3 is 0 Å². The van der Waals surface area contributed by atoms with Gasteiger partial charge in [-0.15, -0.1) is 0 Å². The summed E-state index contributed by atoms with van der Waals surface area (Å²) in [5, 5.41) is 16.2. The predicted molar refractivity (Wildman–Crippen MR) is 180 cm³/mol. The molecule has 48 heavy (non-hydrogen) atoms. The summed E-state index contributed by atoms with van der Waals surface area (Å²) in [4.78, 5) is 42.3. The van der Waals surface area contributed by atoms with Gasteiger partial charge in [-0.2, -0.15) is 10.2 Å². The van der Waals surface area contributed by atoms with Crippen molar-refractivity contribution >= 4 is 35.2 Å². The lowest BCUT2D eigenvalue weighted by Crippen LogP contribution is -2.45. The highest BCUT2D eigenvalue weighted by atomic mass is 16.5. The first kappa shape index (κ1) is 31.3. The number of hydrogen-bond donors (Lipinski definition) is 0. The second-order valence-electron chi connectivity index (χ2n) is 12.4. The van der Waals surface area contributed by atoms with Crippen molar-refractivity contribution in [3.63, 3.8) is 0 Å². The van der Waals surface area contributed by atoms with Crippen LogP contribution in [0.4, 0.5) is 5.69 Å². The zero-order chi connectivity index (χ0) is 33.4. The lowest BCUT2D eigenvalue weighted by atomic mass is 9.77. The molecule has 7 rings (SSSR count). The number of imide groups is 1. The maximum atomic E-state index is 14.2. The van der Waals surface area contributed by atoms with Gasteiger partial charge < -0.3 is 9.47 Å². The molecule has 1 saturated heterocycles. The lowest BCUT2D eigenvalue weighted by molar-refractivity contribution is -0.136. The minimum absolute atomic E-state index is 0.0192. The van der Waals surface area contributed by atoms with Crippen molar-refractivity contribution in [2.45, 2.75) is 58.2 Å². The van der Waals surface area contributed by atoms with Gasteiger partial charge in [0.05, 0.1) is 30.7 Å². The highest BCUT2D eigenvalue weighted by Gasteiger charge is 2.55. The molecule has 0 N–H and O–H groups in total. The average Bonchev–Trinajstić information content (AvgIpc) is 3.76. The molecule has 1 aliphatic carbocycles. The predicted octanol–water partition coefficient (Wildman–Crippen LogP) is 5.91. The second-order valence-corrected chi connectivity index (χ2v) is 12.4. The van der Waals surface area contributed by atoms with Crippen LogP contribution < -0.4 is 14.4 Å². The molecule has 0 spiro atoms. The van der Waals surface area contributed by atoms with Crippen molar-refractivity contribution in [2.24, 2.45) is 21.4 Å². The van der Waals surface area contributed by atoms with Gasteiger partial charge in [-0.1, -0.05) is 47.2 Å². The Morgan fingerprint density at radius 2 is 1.54 bits per heavy atom. The van der Waals surface area contributed by atoms with E-state index in [1.54, 1.807) is 17.1 Å². The van der Waals surface area contributed by atoms with E-state index in [0.29, 0.717) is 18.9 Å². The number of ether oxygens (including phenoxy) is 2. The Labute approximate surface area is 279 Å². The second kappa shape index (κ2) is 13.1. The summed E-state index contributed by atoms with van der Waals surface area (Å²) >= 11 is 0. The Balaban J connectivity index is 1.18. The van der Waals surface area contributed by atoms with E-state index in [-0.39, 0.29) is 24.4 Å². The maximum Gasteiger partial charge on any atom is 0.264 e. The van der Waals surface area contributed by atoms with Crippen LogP contribution in [-0.4, -0.2) is 65.3 Å². The minimum atomic E-state index is -0.996. The Morgan fingerprint density at radius 3 is 2.21 bits per heavy atom. The molecule has 4 atom stereocenters. The van der Waals surface area contributed by atoms with Crippen LogP contribution in [0.5, 0.6) is 11.5 Å². The van der Waals surface area contributed by atoms with Crippen LogP contribution in [-0.2, 0) is 14.4 Å². The molecule has 3 aromatic carbocycles. The number of carbonyl (C=O) groups excluding carboxylic acids is 3. The minimum Gasteiger partial charge on any atom is -0.494 e. The number of hydrogen-bond acceptors (Lipinski definition) is 9. The van der Waals surface area contributed by atoms with Gasteiger partial charge in [0.25, 0.3) is 17.7 Å². The normalized spacial score (nSPS) is 23.9. The zero-order valence-corrected chi connectivity index (χ0v) is 27.3. The van der Waals surface area contributed by atoms with E-state index < -0.39 is 23.9 Å². The molecule has 3 amide bonds. The molecule has 0 aromatic heterocycles. The van der Waals surface area contributed by atoms with Gasteiger partial charge in [0.2, 0.25) is 0 Å². The molecule has 11 nitrogen and oxygen atoms in total. The number of nitrogens with zero attached hydrogens (tertiary/aromatic N) is 6. The number of fused-ring (bicyclic) bond motifs is 2. The van der Waals surface area contributed by atoms with Gasteiger partial charge in [-0.25, -0.2) is 9.91 Å². The van der Waals surface area contributed by atoms with Gasteiger partial charge in [0.1, 0.15) is 18.0 Å². The summed E-state index contributed by atoms with van der Waals surface area (Å²) in [7, 11) is 0. The van der Waals surface area contributed by atoms with Crippen molar-refractivity contribution in [2.75, 3.05) is 24.7 Å². The molecule has 3 heterocycles. The zero-order valence-electron chi connectivity index (χ0n) is 27.3. The fraction of sp³-hybridized carbons (Fsp3) is 0.351. The largest absolute Gasteiger partial charge is 0.494 e. The number of rotatable bonds is 9. The summed E-state index contributed by atoms with van der Waals surface area (Å²) < 4.78 is 11.3. The van der Waals surface area contributed by atoms with E-state index in [9.17, 15) is 14.4 Å². The molecule has 11 heteroatoms. The molecule has 246 valence electrons. The van der Waals surface area contributed by atoms with Crippen molar-refractivity contribution < 1.29 is 23.9 Å². The summed E-state index contributed by atoms with van der Waals surface area (Å²) in [6.45, 7) is 6.74. The highest BCUT2D eigenvalue weighted by Crippen LogP contribution is 2.45. The standard InChI is InChI=1S/C37H38N6O5/c1-4-47-28-17-11-24(12-18-28)21-26-7-6-8-30-32(26)39-43(34(30)25-13-19-29(20-14-25)48-5-2)31(44)22-41-35-33(38-40-41)36(45)42(37(35)46)27-15-9-23(3)10-16-27/h9-21,30,33-35H,4-8,22H2,1-3H3/b26-21+/t30-,33-,34-,35+/m0/s1. The quantitative estimate of drug-likeness (QED) is 0.267. The van der Waals surface area contributed by atoms with E-state index in [0.717, 1.165) is 63.6 Å². The highest BCUT2D eigenvalue weighted by molar-refractivity contribution is 6.25. The third-order valence-electron chi connectivity index (χ3n) is 9.27. The van der Waals surface area contributed by atoms with E-state index in [1.807, 2.05) is 81.4 Å². The summed E-state index contributed by atoms with van der Waals surface area (Å²) in [5.41, 5.74) is 5.44. The van der Waals surface area contributed by atoms with E-state index in [2.05, 4.69) is 16.4 Å². The SMILES string of the molecule is CCOc1ccc(/C=C2\CCC[C@H]3C2=NN(C(=O)CN2N=N[C@@H]4C(=O)N(c5ccc(C)cc5)C(=O)[C@@H]42)[C@H]3c2ccc(OCC)cc2)cc1. The van der Waals surface area contributed by atoms with E-state index in [4.69, 9.17) is 14.6 Å². The number of benzene rings is 3. The van der Waals surface area contributed by atoms with Crippen molar-refractivity contribution in [1.82, 2.24) is 10.0 Å². The molecule has 3 aliphatic heterocycles. The smallest absolute Gasteiger partial charge is 0.264 e. The molecule has 1 saturated carbocycles. The fourth-order valence-electron chi connectivity index (χ4n) is 7.01. The summed E-state index contributed by atoms with van der Waals surface area (Å²) in [6.07, 6.45) is 4.81. The summed E-state index contributed by atoms with van der Waals surface area (Å²) in [5.74, 6) is 0.327. The van der Waals surface area contributed by atoms with Gasteiger partial charge in [-0.05, 0) is 99.2 Å². The number of carbonyl (C=O) groups is 3. The average molecular weight is 647 g/mol. The van der Waals surface area contributed by atoms with Crippen LogP contribution in [0, 0.1) is 12.8 Å². The molecule has 2 fully saturated rings. The monoisotopic (exact) mass is 646 g/mol. The van der Waals surface area contributed by atoms with Crippen LogP contribution in [0.3, 0.4) is 0 Å². The number of hydrazone groups is 1. The van der Waals surface area contributed by atoms with Crippen LogP contribution in [0.15, 0.2) is 93.8 Å². The summed E-state index contributed by atoms with van der Waals surface area (Å²) in [6, 6.07) is 20.6. The third-order valence-corrected chi connectivity index (χ3v) is 9.27. The van der Waals surface area contributed by atoms with Gasteiger partial charge in [0, 0.05) is 5.92 Å². The molecular formula is C37H38N6O5. The van der Waals surface area contributed by atoms with Crippen LogP contribution in [0.25, 0.3) is 6.08 Å². The molecule has 4 aliphatic rings. The molecule has 0 bridgehead atoms.